The van der Waals surface area contributed by atoms with Crippen LogP contribution in [0.25, 0.3) is 0 Å². The minimum Gasteiger partial charge on any atom is -0.476 e. The molecule has 0 spiro atoms. The van der Waals surface area contributed by atoms with Crippen LogP contribution >= 0.6 is 0 Å². The molecule has 0 aliphatic heterocycles. The van der Waals surface area contributed by atoms with E-state index in [-0.39, 0.29) is 35.6 Å². The van der Waals surface area contributed by atoms with Gasteiger partial charge in [-0.05, 0) is 24.3 Å². The Hall–Kier alpha value is -4.62. The van der Waals surface area contributed by atoms with Crippen molar-refractivity contribution >= 4 is 11.9 Å². The van der Waals surface area contributed by atoms with Crippen molar-refractivity contribution in [2.75, 3.05) is 0 Å². The first-order valence-corrected chi connectivity index (χ1v) is 9.28. The maximum Gasteiger partial charge on any atom is 0.358 e. The summed E-state index contributed by atoms with van der Waals surface area (Å²) in [6, 6.07) is 6.90. The minimum absolute atomic E-state index is 0.186. The van der Waals surface area contributed by atoms with Gasteiger partial charge in [-0.2, -0.15) is 0 Å². The lowest BCUT2D eigenvalue weighted by molar-refractivity contribution is 0.0675. The summed E-state index contributed by atoms with van der Waals surface area (Å²) in [4.78, 5) is 21.3. The zero-order valence-corrected chi connectivity index (χ0v) is 16.9. The molecule has 0 amide bonds. The van der Waals surface area contributed by atoms with Gasteiger partial charge in [-0.25, -0.2) is 36.5 Å². The molecule has 0 saturated carbocycles. The van der Waals surface area contributed by atoms with Crippen LogP contribution in [-0.4, -0.2) is 52.1 Å². The molecular weight excluding hydrogens is 464 g/mol. The summed E-state index contributed by atoms with van der Waals surface area (Å²) in [6.45, 7) is -0.529. The van der Waals surface area contributed by atoms with E-state index < -0.39 is 35.2 Å². The van der Waals surface area contributed by atoms with E-state index >= 15 is 0 Å². The molecule has 0 saturated heterocycles. The fraction of sp³-hybridized carbons (Fsp3) is 0.100. The maximum absolute atomic E-state index is 13.3. The van der Waals surface area contributed by atoms with Gasteiger partial charge in [0.2, 0.25) is 0 Å². The highest BCUT2D eigenvalue weighted by atomic mass is 19.1. The number of nitrogens with zero attached hydrogens (tertiary/aromatic N) is 6. The van der Waals surface area contributed by atoms with E-state index in [1.165, 1.54) is 12.1 Å². The number of rotatable bonds is 6. The van der Waals surface area contributed by atoms with Crippen LogP contribution in [0, 0.1) is 23.3 Å². The van der Waals surface area contributed by atoms with Gasteiger partial charge in [-0.15, -0.1) is 10.2 Å². The number of halogens is 4. The number of carboxylic acids is 2. The second-order valence-electron chi connectivity index (χ2n) is 6.59. The Morgan fingerprint density at radius 3 is 1.79 bits per heavy atom. The summed E-state index contributed by atoms with van der Waals surface area (Å²) in [6.07, 6.45) is 2.12. The summed E-state index contributed by atoms with van der Waals surface area (Å²) >= 11 is 0. The van der Waals surface area contributed by atoms with Crippen LogP contribution in [0.2, 0.25) is 0 Å². The van der Waals surface area contributed by atoms with Crippen LogP contribution in [0.4, 0.5) is 17.6 Å². The number of hydrogen-bond acceptors (Lipinski definition) is 6. The predicted molar refractivity (Wildman–Crippen MR) is 105 cm³/mol. The second kappa shape index (κ2) is 10.3. The first-order chi connectivity index (χ1) is 16.2. The van der Waals surface area contributed by atoms with Crippen LogP contribution in [0.3, 0.4) is 0 Å². The van der Waals surface area contributed by atoms with E-state index in [0.29, 0.717) is 0 Å². The smallest absolute Gasteiger partial charge is 0.358 e. The standard InChI is InChI=1S/2C10H7F2N3O2/c11-7-2-1-3-8(12)6(7)5-15-9(10(16)17)4-13-14-15;11-7-2-1-3-8(12)6(7)4-15-5-9(10(16)17)13-14-15/h1-4H,5H2,(H,16,17);1-3,5H,4H2,(H,16,17). The molecule has 0 aliphatic rings. The highest BCUT2D eigenvalue weighted by Gasteiger charge is 2.16. The van der Waals surface area contributed by atoms with Gasteiger partial charge in [-0.3, -0.25) is 0 Å². The van der Waals surface area contributed by atoms with Crippen molar-refractivity contribution in [3.63, 3.8) is 0 Å². The minimum atomic E-state index is -1.26. The zero-order valence-electron chi connectivity index (χ0n) is 16.9. The largest absolute Gasteiger partial charge is 0.476 e. The molecule has 0 atom stereocenters. The molecule has 2 heterocycles. The third kappa shape index (κ3) is 5.59. The molecule has 34 heavy (non-hydrogen) atoms. The molecule has 0 unspecified atom stereocenters. The first kappa shape index (κ1) is 24.0. The monoisotopic (exact) mass is 478 g/mol. The highest BCUT2D eigenvalue weighted by molar-refractivity contribution is 5.85. The normalized spacial score (nSPS) is 10.5. The van der Waals surface area contributed by atoms with Crippen LogP contribution in [0.15, 0.2) is 48.8 Å². The number of aromatic carboxylic acids is 2. The molecule has 176 valence electrons. The Balaban J connectivity index is 0.000000191. The quantitative estimate of drug-likeness (QED) is 0.404. The van der Waals surface area contributed by atoms with Crippen molar-refractivity contribution in [3.8, 4) is 0 Å². The number of carbonyl (C=O) groups is 2. The van der Waals surface area contributed by atoms with Crippen LogP contribution in [-0.2, 0) is 13.1 Å². The SMILES string of the molecule is O=C(O)c1cn(Cc2c(F)cccc2F)nn1.O=C(O)c1cnnn1Cc1c(F)cccc1F. The summed E-state index contributed by atoms with van der Waals surface area (Å²) in [5, 5.41) is 31.1. The molecule has 0 radical (unpaired) electrons. The fourth-order valence-electron chi connectivity index (χ4n) is 2.69. The van der Waals surface area contributed by atoms with E-state index in [1.54, 1.807) is 0 Å². The first-order valence-electron chi connectivity index (χ1n) is 9.28. The average Bonchev–Trinajstić information content (AvgIpc) is 3.44. The van der Waals surface area contributed by atoms with Gasteiger partial charge in [0.15, 0.2) is 11.4 Å². The maximum atomic E-state index is 13.3. The van der Waals surface area contributed by atoms with Crippen LogP contribution in [0.1, 0.15) is 32.1 Å². The Labute approximate surface area is 187 Å². The Morgan fingerprint density at radius 2 is 1.32 bits per heavy atom. The van der Waals surface area contributed by atoms with Crippen molar-refractivity contribution in [3.05, 3.63) is 94.6 Å². The van der Waals surface area contributed by atoms with Crippen molar-refractivity contribution < 1.29 is 37.4 Å². The topological polar surface area (TPSA) is 136 Å². The Bertz CT molecular complexity index is 1300. The lowest BCUT2D eigenvalue weighted by Gasteiger charge is -2.05. The Kier molecular flexibility index (Phi) is 7.30. The number of carboxylic acid groups (broad SMARTS) is 2. The van der Waals surface area contributed by atoms with Crippen LogP contribution < -0.4 is 0 Å². The summed E-state index contributed by atoms with van der Waals surface area (Å²) in [5.74, 6) is -5.43. The summed E-state index contributed by atoms with van der Waals surface area (Å²) < 4.78 is 55.2. The van der Waals surface area contributed by atoms with Crippen molar-refractivity contribution in [2.45, 2.75) is 13.1 Å². The van der Waals surface area contributed by atoms with Gasteiger partial charge in [0, 0.05) is 11.1 Å². The highest BCUT2D eigenvalue weighted by Crippen LogP contribution is 2.14. The van der Waals surface area contributed by atoms with Gasteiger partial charge in [-0.1, -0.05) is 22.6 Å². The fourth-order valence-corrected chi connectivity index (χ4v) is 2.69. The average molecular weight is 478 g/mol. The van der Waals surface area contributed by atoms with Gasteiger partial charge in [0.05, 0.1) is 25.5 Å². The molecule has 4 rings (SSSR count). The lowest BCUT2D eigenvalue weighted by atomic mass is 10.2. The zero-order chi connectivity index (χ0) is 24.8. The number of hydrogen-bond donors (Lipinski definition) is 2. The summed E-state index contributed by atoms with van der Waals surface area (Å²) in [5.41, 5.74) is -0.941. The molecule has 2 N–H and O–H groups in total. The number of benzene rings is 2. The number of aromatic nitrogens is 6. The molecular formula is C20H14F4N6O4. The van der Waals surface area contributed by atoms with Crippen molar-refractivity contribution in [1.29, 1.82) is 0 Å². The van der Waals surface area contributed by atoms with E-state index in [0.717, 1.165) is 46.0 Å². The predicted octanol–water partition coefficient (Wildman–Crippen LogP) is 2.61. The molecule has 2 aromatic heterocycles. The molecule has 14 heteroatoms. The molecule has 0 fully saturated rings. The van der Waals surface area contributed by atoms with Crippen molar-refractivity contribution in [2.24, 2.45) is 0 Å². The third-order valence-electron chi connectivity index (χ3n) is 4.35. The lowest BCUT2D eigenvalue weighted by Crippen LogP contribution is -2.13. The third-order valence-corrected chi connectivity index (χ3v) is 4.35. The molecule has 2 aromatic carbocycles. The molecule has 0 bridgehead atoms. The molecule has 0 aliphatic carbocycles. The molecule has 10 nitrogen and oxygen atoms in total. The second-order valence-corrected chi connectivity index (χ2v) is 6.59. The van der Waals surface area contributed by atoms with E-state index in [9.17, 15) is 27.2 Å². The van der Waals surface area contributed by atoms with Gasteiger partial charge >= 0.3 is 11.9 Å². The summed E-state index contributed by atoms with van der Waals surface area (Å²) in [7, 11) is 0. The molecule has 4 aromatic rings. The van der Waals surface area contributed by atoms with Gasteiger partial charge < -0.3 is 10.2 Å². The van der Waals surface area contributed by atoms with Crippen LogP contribution in [0.5, 0.6) is 0 Å². The van der Waals surface area contributed by atoms with E-state index in [4.69, 9.17) is 10.2 Å². The van der Waals surface area contributed by atoms with E-state index in [1.807, 2.05) is 0 Å². The van der Waals surface area contributed by atoms with Gasteiger partial charge in [0.25, 0.3) is 0 Å². The Morgan fingerprint density at radius 1 is 0.794 bits per heavy atom. The van der Waals surface area contributed by atoms with E-state index in [2.05, 4.69) is 20.6 Å². The van der Waals surface area contributed by atoms with Gasteiger partial charge in [0.1, 0.15) is 23.3 Å². The van der Waals surface area contributed by atoms with Crippen molar-refractivity contribution in [1.82, 2.24) is 30.0 Å².